The van der Waals surface area contributed by atoms with Gasteiger partial charge in [0.2, 0.25) is 0 Å². The minimum absolute atomic E-state index is 0. The largest absolute Gasteiger partial charge is 1.00 e. The van der Waals surface area contributed by atoms with Gasteiger partial charge in [-0.2, -0.15) is 0 Å². The Kier molecular flexibility index (Phi) is 6.44. The van der Waals surface area contributed by atoms with Crippen LogP contribution in [-0.2, 0) is 6.54 Å². The molecule has 0 saturated heterocycles. The van der Waals surface area contributed by atoms with E-state index in [-0.39, 0.29) is 12.4 Å². The molecule has 0 fully saturated rings. The van der Waals surface area contributed by atoms with Crippen molar-refractivity contribution in [3.63, 3.8) is 0 Å². The van der Waals surface area contributed by atoms with Crippen molar-refractivity contribution in [2.75, 3.05) is 6.54 Å². The van der Waals surface area contributed by atoms with Crippen molar-refractivity contribution >= 4 is 15.9 Å². The monoisotopic (exact) mass is 248 g/mol. The van der Waals surface area contributed by atoms with Crippen LogP contribution < -0.4 is 17.7 Å². The fraction of sp³-hybridized carbons (Fsp3) is 0.333. The Bertz CT molecular complexity index is 210. The van der Waals surface area contributed by atoms with Gasteiger partial charge in [0.15, 0.2) is 0 Å². The third-order valence-corrected chi connectivity index (χ3v) is 2.02. The van der Waals surface area contributed by atoms with Gasteiger partial charge in [-0.05, 0) is 24.2 Å². The molecular formula is C9H12BrClN-. The van der Waals surface area contributed by atoms with Crippen molar-refractivity contribution < 1.29 is 12.4 Å². The summed E-state index contributed by atoms with van der Waals surface area (Å²) >= 11 is 3.39. The zero-order chi connectivity index (χ0) is 8.10. The van der Waals surface area contributed by atoms with Gasteiger partial charge >= 0.3 is 0 Å². The number of benzene rings is 1. The fourth-order valence-electron chi connectivity index (χ4n) is 0.872. The maximum Gasteiger partial charge on any atom is 0.0205 e. The summed E-state index contributed by atoms with van der Waals surface area (Å²) in [6.45, 7) is 4.10. The molecule has 3 heteroatoms. The molecule has 0 bridgehead atoms. The summed E-state index contributed by atoms with van der Waals surface area (Å²) in [6.07, 6.45) is 0. The highest BCUT2D eigenvalue weighted by molar-refractivity contribution is 9.10. The quantitative estimate of drug-likeness (QED) is 0.766. The highest BCUT2D eigenvalue weighted by Crippen LogP contribution is 2.09. The van der Waals surface area contributed by atoms with E-state index < -0.39 is 0 Å². The topological polar surface area (TPSA) is 12.0 Å². The summed E-state index contributed by atoms with van der Waals surface area (Å²) in [7, 11) is 0. The third-order valence-electron chi connectivity index (χ3n) is 1.49. The molecule has 0 aromatic heterocycles. The van der Waals surface area contributed by atoms with Crippen molar-refractivity contribution in [2.24, 2.45) is 0 Å². The second-order valence-electron chi connectivity index (χ2n) is 2.41. The first kappa shape index (κ1) is 11.9. The summed E-state index contributed by atoms with van der Waals surface area (Å²) in [5.41, 5.74) is 1.33. The van der Waals surface area contributed by atoms with Gasteiger partial charge in [0.05, 0.1) is 0 Å². The molecule has 0 saturated carbocycles. The van der Waals surface area contributed by atoms with Gasteiger partial charge < -0.3 is 17.7 Å². The van der Waals surface area contributed by atoms with Crippen LogP contribution in [0.2, 0.25) is 0 Å². The van der Waals surface area contributed by atoms with E-state index in [1.54, 1.807) is 0 Å². The molecule has 0 atom stereocenters. The highest BCUT2D eigenvalue weighted by Gasteiger charge is 1.89. The normalized spacial score (nSPS) is 9.17. The molecule has 0 spiro atoms. The van der Waals surface area contributed by atoms with E-state index in [9.17, 15) is 0 Å². The standard InChI is InChI=1S/C9H12BrN.ClH/c1-2-11-7-8-3-5-9(10)6-4-8;/h3-6,11H,2,7H2,1H3;1H/p-1. The Morgan fingerprint density at radius 3 is 2.33 bits per heavy atom. The predicted octanol–water partition coefficient (Wildman–Crippen LogP) is -0.437. The zero-order valence-corrected chi connectivity index (χ0v) is 9.32. The maximum atomic E-state index is 3.39. The second kappa shape index (κ2) is 6.46. The molecule has 0 amide bonds. The first-order chi connectivity index (χ1) is 5.33. The van der Waals surface area contributed by atoms with Crippen molar-refractivity contribution in [1.82, 2.24) is 5.32 Å². The Balaban J connectivity index is 0.00000121. The number of halogens is 2. The Morgan fingerprint density at radius 1 is 1.25 bits per heavy atom. The third kappa shape index (κ3) is 4.10. The molecule has 0 radical (unpaired) electrons. The number of hydrogen-bond acceptors (Lipinski definition) is 1. The second-order valence-corrected chi connectivity index (χ2v) is 3.32. The van der Waals surface area contributed by atoms with Gasteiger partial charge in [-0.25, -0.2) is 0 Å². The Labute approximate surface area is 88.1 Å². The van der Waals surface area contributed by atoms with Crippen LogP contribution in [0.3, 0.4) is 0 Å². The molecule has 0 aliphatic heterocycles. The zero-order valence-electron chi connectivity index (χ0n) is 6.98. The van der Waals surface area contributed by atoms with Gasteiger partial charge in [0.25, 0.3) is 0 Å². The van der Waals surface area contributed by atoms with Crippen LogP contribution in [0.5, 0.6) is 0 Å². The minimum Gasteiger partial charge on any atom is -1.00 e. The predicted molar refractivity (Wildman–Crippen MR) is 51.5 cm³/mol. The molecule has 0 heterocycles. The van der Waals surface area contributed by atoms with Crippen molar-refractivity contribution in [3.8, 4) is 0 Å². The van der Waals surface area contributed by atoms with Crippen molar-refractivity contribution in [3.05, 3.63) is 34.3 Å². The average Bonchev–Trinajstić information content (AvgIpc) is 2.04. The van der Waals surface area contributed by atoms with Crippen LogP contribution in [0.4, 0.5) is 0 Å². The van der Waals surface area contributed by atoms with Crippen LogP contribution in [0.25, 0.3) is 0 Å². The van der Waals surface area contributed by atoms with Gasteiger partial charge in [-0.15, -0.1) is 0 Å². The van der Waals surface area contributed by atoms with Gasteiger partial charge in [0.1, 0.15) is 0 Å². The van der Waals surface area contributed by atoms with Crippen molar-refractivity contribution in [1.29, 1.82) is 0 Å². The molecule has 68 valence electrons. The smallest absolute Gasteiger partial charge is 0.0205 e. The number of hydrogen-bond donors (Lipinski definition) is 1. The summed E-state index contributed by atoms with van der Waals surface area (Å²) in [6, 6.07) is 8.36. The molecular weight excluding hydrogens is 237 g/mol. The lowest BCUT2D eigenvalue weighted by Crippen LogP contribution is -3.00. The lowest BCUT2D eigenvalue weighted by atomic mass is 10.2. The van der Waals surface area contributed by atoms with Crippen LogP contribution in [-0.4, -0.2) is 6.54 Å². The van der Waals surface area contributed by atoms with Crippen LogP contribution in [0.1, 0.15) is 12.5 Å². The highest BCUT2D eigenvalue weighted by atomic mass is 79.9. The summed E-state index contributed by atoms with van der Waals surface area (Å²) < 4.78 is 1.14. The van der Waals surface area contributed by atoms with Crippen LogP contribution in [0, 0.1) is 0 Å². The van der Waals surface area contributed by atoms with E-state index in [4.69, 9.17) is 0 Å². The number of rotatable bonds is 3. The SMILES string of the molecule is CCNCc1ccc(Br)cc1.[Cl-]. The average molecular weight is 250 g/mol. The number of nitrogens with one attached hydrogen (secondary N) is 1. The first-order valence-corrected chi connectivity index (χ1v) is 4.57. The molecule has 1 aromatic carbocycles. The van der Waals surface area contributed by atoms with E-state index in [0.29, 0.717) is 0 Å². The van der Waals surface area contributed by atoms with E-state index in [1.807, 2.05) is 0 Å². The van der Waals surface area contributed by atoms with Crippen LogP contribution in [0.15, 0.2) is 28.7 Å². The first-order valence-electron chi connectivity index (χ1n) is 3.78. The van der Waals surface area contributed by atoms with E-state index >= 15 is 0 Å². The molecule has 1 aromatic rings. The fourth-order valence-corrected chi connectivity index (χ4v) is 1.14. The van der Waals surface area contributed by atoms with Crippen LogP contribution >= 0.6 is 15.9 Å². The summed E-state index contributed by atoms with van der Waals surface area (Å²) in [5.74, 6) is 0. The van der Waals surface area contributed by atoms with E-state index in [2.05, 4.69) is 52.4 Å². The Hall–Kier alpha value is -0.0500. The summed E-state index contributed by atoms with van der Waals surface area (Å²) in [5, 5.41) is 3.27. The molecule has 1 rings (SSSR count). The molecule has 0 aliphatic rings. The Morgan fingerprint density at radius 2 is 1.83 bits per heavy atom. The molecule has 0 unspecified atom stereocenters. The van der Waals surface area contributed by atoms with Gasteiger partial charge in [-0.3, -0.25) is 0 Å². The lowest BCUT2D eigenvalue weighted by molar-refractivity contribution is -0.00000224. The lowest BCUT2D eigenvalue weighted by Gasteiger charge is -2.00. The molecule has 1 N–H and O–H groups in total. The van der Waals surface area contributed by atoms with Gasteiger partial charge in [-0.1, -0.05) is 35.0 Å². The minimum atomic E-state index is 0. The molecule has 12 heavy (non-hydrogen) atoms. The van der Waals surface area contributed by atoms with E-state index in [0.717, 1.165) is 17.6 Å². The van der Waals surface area contributed by atoms with Crippen molar-refractivity contribution in [2.45, 2.75) is 13.5 Å². The van der Waals surface area contributed by atoms with E-state index in [1.165, 1.54) is 5.56 Å². The molecule has 0 aliphatic carbocycles. The van der Waals surface area contributed by atoms with Gasteiger partial charge in [0, 0.05) is 11.0 Å². The molecule has 1 nitrogen and oxygen atoms in total. The summed E-state index contributed by atoms with van der Waals surface area (Å²) in [4.78, 5) is 0. The maximum absolute atomic E-state index is 3.39.